The molecule has 4 heteroatoms. The van der Waals surface area contributed by atoms with Gasteiger partial charge in [-0.2, -0.15) is 0 Å². The molecule has 0 heterocycles. The maximum absolute atomic E-state index is 13.7. The van der Waals surface area contributed by atoms with Gasteiger partial charge in [-0.15, -0.1) is 12.3 Å². The van der Waals surface area contributed by atoms with Crippen molar-refractivity contribution >= 4 is 15.9 Å². The molecule has 17 heavy (non-hydrogen) atoms. The minimum absolute atomic E-state index is 0.0766. The highest BCUT2D eigenvalue weighted by atomic mass is 79.9. The van der Waals surface area contributed by atoms with Crippen molar-refractivity contribution in [2.45, 2.75) is 25.3 Å². The number of hydrogen-bond donors (Lipinski definition) is 1. The van der Waals surface area contributed by atoms with Crippen molar-refractivity contribution in [3.05, 3.63) is 33.8 Å². The molecule has 0 aliphatic heterocycles. The molecular weight excluding hydrogens is 288 g/mol. The van der Waals surface area contributed by atoms with Gasteiger partial charge in [0.25, 0.3) is 0 Å². The van der Waals surface area contributed by atoms with E-state index in [-0.39, 0.29) is 11.6 Å². The molecule has 0 amide bonds. The first kappa shape index (κ1) is 14.1. The fourth-order valence-electron chi connectivity index (χ4n) is 1.73. The molecule has 0 saturated carbocycles. The Morgan fingerprint density at radius 3 is 2.47 bits per heavy atom. The first-order chi connectivity index (χ1) is 8.10. The van der Waals surface area contributed by atoms with E-state index in [1.165, 1.54) is 12.1 Å². The maximum atomic E-state index is 13.7. The third kappa shape index (κ3) is 3.79. The van der Waals surface area contributed by atoms with Gasteiger partial charge >= 0.3 is 0 Å². The van der Waals surface area contributed by atoms with Gasteiger partial charge in [-0.3, -0.25) is 0 Å². The van der Waals surface area contributed by atoms with Crippen molar-refractivity contribution in [1.29, 1.82) is 0 Å². The number of halogens is 3. The minimum atomic E-state index is -0.545. The van der Waals surface area contributed by atoms with Gasteiger partial charge in [0.2, 0.25) is 0 Å². The molecule has 1 aromatic carbocycles. The highest BCUT2D eigenvalue weighted by molar-refractivity contribution is 9.10. The first-order valence-electron chi connectivity index (χ1n) is 5.35. The number of benzene rings is 1. The maximum Gasteiger partial charge on any atom is 0.132 e. The number of rotatable bonds is 5. The van der Waals surface area contributed by atoms with Crippen LogP contribution in [0.15, 0.2) is 16.6 Å². The summed E-state index contributed by atoms with van der Waals surface area (Å²) in [6, 6.07) is 2.19. The third-order valence-corrected chi connectivity index (χ3v) is 3.01. The highest BCUT2D eigenvalue weighted by Gasteiger charge is 2.19. The normalized spacial score (nSPS) is 12.2. The molecule has 1 rings (SSSR count). The van der Waals surface area contributed by atoms with E-state index in [1.807, 2.05) is 0 Å². The van der Waals surface area contributed by atoms with Crippen LogP contribution in [0.2, 0.25) is 0 Å². The summed E-state index contributed by atoms with van der Waals surface area (Å²) in [6.07, 6.45) is 7.10. The summed E-state index contributed by atoms with van der Waals surface area (Å²) < 4.78 is 27.8. The van der Waals surface area contributed by atoms with Gasteiger partial charge in [-0.05, 0) is 32.0 Å². The molecule has 1 unspecified atom stereocenters. The van der Waals surface area contributed by atoms with Crippen LogP contribution in [0, 0.1) is 24.0 Å². The lowest BCUT2D eigenvalue weighted by Crippen LogP contribution is -2.19. The van der Waals surface area contributed by atoms with E-state index in [0.29, 0.717) is 17.3 Å². The lowest BCUT2D eigenvalue weighted by atomic mass is 10.00. The SMILES string of the molecule is C#CCCCC(NC)c1c(F)cc(Br)cc1F. The summed E-state index contributed by atoms with van der Waals surface area (Å²) in [7, 11) is 1.68. The second-order valence-corrected chi connectivity index (χ2v) is 4.64. The number of unbranched alkanes of at least 4 members (excludes halogenated alkanes) is 1. The van der Waals surface area contributed by atoms with E-state index in [4.69, 9.17) is 6.42 Å². The van der Waals surface area contributed by atoms with E-state index in [2.05, 4.69) is 27.2 Å². The van der Waals surface area contributed by atoms with Gasteiger partial charge in [0.05, 0.1) is 0 Å². The smallest absolute Gasteiger partial charge is 0.132 e. The van der Waals surface area contributed by atoms with Gasteiger partial charge < -0.3 is 5.32 Å². The molecular formula is C13H14BrF2N. The lowest BCUT2D eigenvalue weighted by molar-refractivity contribution is 0.463. The molecule has 0 aliphatic carbocycles. The Morgan fingerprint density at radius 2 is 2.00 bits per heavy atom. The van der Waals surface area contributed by atoms with Crippen molar-refractivity contribution < 1.29 is 8.78 Å². The molecule has 0 fully saturated rings. The van der Waals surface area contributed by atoms with Gasteiger partial charge in [0.15, 0.2) is 0 Å². The molecule has 0 aliphatic rings. The molecule has 0 aromatic heterocycles. The Bertz CT molecular complexity index is 403. The first-order valence-corrected chi connectivity index (χ1v) is 6.14. The van der Waals surface area contributed by atoms with Crippen LogP contribution in [0.25, 0.3) is 0 Å². The van der Waals surface area contributed by atoms with Crippen LogP contribution < -0.4 is 5.32 Å². The summed E-state index contributed by atoms with van der Waals surface area (Å²) >= 11 is 3.06. The Morgan fingerprint density at radius 1 is 1.41 bits per heavy atom. The second-order valence-electron chi connectivity index (χ2n) is 3.72. The van der Waals surface area contributed by atoms with Crippen molar-refractivity contribution in [2.24, 2.45) is 0 Å². The molecule has 0 radical (unpaired) electrons. The average molecular weight is 302 g/mol. The van der Waals surface area contributed by atoms with Gasteiger partial charge in [-0.1, -0.05) is 15.9 Å². The largest absolute Gasteiger partial charge is 0.313 e. The van der Waals surface area contributed by atoms with Gasteiger partial charge in [0.1, 0.15) is 11.6 Å². The summed E-state index contributed by atoms with van der Waals surface area (Å²) in [6.45, 7) is 0. The third-order valence-electron chi connectivity index (χ3n) is 2.55. The topological polar surface area (TPSA) is 12.0 Å². The predicted octanol–water partition coefficient (Wildman–Crippen LogP) is 3.79. The average Bonchev–Trinajstić information content (AvgIpc) is 2.25. The molecule has 1 N–H and O–H groups in total. The van der Waals surface area contributed by atoms with E-state index in [9.17, 15) is 8.78 Å². The number of hydrogen-bond acceptors (Lipinski definition) is 1. The monoisotopic (exact) mass is 301 g/mol. The zero-order valence-electron chi connectivity index (χ0n) is 9.56. The summed E-state index contributed by atoms with van der Waals surface area (Å²) in [5.41, 5.74) is 0.0766. The highest BCUT2D eigenvalue weighted by Crippen LogP contribution is 2.27. The van der Waals surface area contributed by atoms with Crippen LogP contribution in [0.1, 0.15) is 30.9 Å². The standard InChI is InChI=1S/C13H14BrF2N/c1-3-4-5-6-12(17-2)13-10(15)7-9(14)8-11(13)16/h1,7-8,12,17H,4-6H2,2H3. The number of nitrogens with one attached hydrogen (secondary N) is 1. The Labute approximate surface area is 109 Å². The van der Waals surface area contributed by atoms with Gasteiger partial charge in [0, 0.05) is 22.5 Å². The van der Waals surface area contributed by atoms with Crippen molar-refractivity contribution in [2.75, 3.05) is 7.05 Å². The molecule has 0 saturated heterocycles. The summed E-state index contributed by atoms with van der Waals surface area (Å²) in [5.74, 6) is 1.43. The predicted molar refractivity (Wildman–Crippen MR) is 68.5 cm³/mol. The van der Waals surface area contributed by atoms with E-state index >= 15 is 0 Å². The Kier molecular flexibility index (Phi) is 5.60. The molecule has 0 spiro atoms. The van der Waals surface area contributed by atoms with Crippen molar-refractivity contribution in [3.63, 3.8) is 0 Å². The summed E-state index contributed by atoms with van der Waals surface area (Å²) in [4.78, 5) is 0. The Balaban J connectivity index is 2.92. The van der Waals surface area contributed by atoms with Crippen molar-refractivity contribution in [3.8, 4) is 12.3 Å². The van der Waals surface area contributed by atoms with Crippen LogP contribution in [-0.4, -0.2) is 7.05 Å². The van der Waals surface area contributed by atoms with Crippen LogP contribution in [0.4, 0.5) is 8.78 Å². The van der Waals surface area contributed by atoms with E-state index in [1.54, 1.807) is 7.05 Å². The fraction of sp³-hybridized carbons (Fsp3) is 0.385. The zero-order chi connectivity index (χ0) is 12.8. The van der Waals surface area contributed by atoms with Crippen molar-refractivity contribution in [1.82, 2.24) is 5.32 Å². The Hall–Kier alpha value is -0.920. The number of terminal acetylenes is 1. The minimum Gasteiger partial charge on any atom is -0.313 e. The van der Waals surface area contributed by atoms with E-state index in [0.717, 1.165) is 6.42 Å². The van der Waals surface area contributed by atoms with Crippen LogP contribution in [0.5, 0.6) is 0 Å². The molecule has 1 atom stereocenters. The van der Waals surface area contributed by atoms with Crippen LogP contribution in [-0.2, 0) is 0 Å². The lowest BCUT2D eigenvalue weighted by Gasteiger charge is -2.17. The molecule has 1 aromatic rings. The second kappa shape index (κ2) is 6.73. The zero-order valence-corrected chi connectivity index (χ0v) is 11.2. The summed E-state index contributed by atoms with van der Waals surface area (Å²) in [5, 5.41) is 2.91. The molecule has 92 valence electrons. The molecule has 0 bridgehead atoms. The quantitative estimate of drug-likeness (QED) is 0.644. The fourth-order valence-corrected chi connectivity index (χ4v) is 2.13. The van der Waals surface area contributed by atoms with Crippen LogP contribution in [0.3, 0.4) is 0 Å². The van der Waals surface area contributed by atoms with E-state index < -0.39 is 11.6 Å². The van der Waals surface area contributed by atoms with Crippen LogP contribution >= 0.6 is 15.9 Å². The molecule has 1 nitrogen and oxygen atoms in total. The van der Waals surface area contributed by atoms with Gasteiger partial charge in [-0.25, -0.2) is 8.78 Å².